The third-order valence-electron chi connectivity index (χ3n) is 5.45. The maximum absolute atomic E-state index is 11.6. The summed E-state index contributed by atoms with van der Waals surface area (Å²) in [4.78, 5) is 24.9. The molecule has 3 rings (SSSR count). The fraction of sp³-hybridized carbons (Fsp3) is 0.476. The third kappa shape index (κ3) is 5.07. The largest absolute Gasteiger partial charge is 0.369 e. The van der Waals surface area contributed by atoms with Gasteiger partial charge in [-0.05, 0) is 31.0 Å². The van der Waals surface area contributed by atoms with Gasteiger partial charge in [0.05, 0.1) is 12.5 Å². The van der Waals surface area contributed by atoms with Crippen molar-refractivity contribution in [2.75, 3.05) is 32.1 Å². The molecule has 1 unspecified atom stereocenters. The summed E-state index contributed by atoms with van der Waals surface area (Å²) in [5, 5.41) is 3.44. The lowest BCUT2D eigenvalue weighted by atomic mass is 9.97. The molecule has 0 aliphatic carbocycles. The minimum Gasteiger partial charge on any atom is -0.369 e. The van der Waals surface area contributed by atoms with E-state index in [1.54, 1.807) is 13.2 Å². The van der Waals surface area contributed by atoms with E-state index in [1.807, 2.05) is 32.4 Å². The van der Waals surface area contributed by atoms with Gasteiger partial charge in [-0.2, -0.15) is 0 Å². The zero-order valence-electron chi connectivity index (χ0n) is 17.5. The predicted molar refractivity (Wildman–Crippen MR) is 115 cm³/mol. The summed E-state index contributed by atoms with van der Waals surface area (Å²) in [7, 11) is 5.85. The van der Waals surface area contributed by atoms with Crippen molar-refractivity contribution in [3.05, 3.63) is 47.9 Å². The van der Waals surface area contributed by atoms with Gasteiger partial charge in [0.2, 0.25) is 5.91 Å². The molecule has 0 saturated carbocycles. The average Bonchev–Trinajstić information content (AvgIpc) is 3.13. The lowest BCUT2D eigenvalue weighted by Gasteiger charge is -2.33. The Morgan fingerprint density at radius 2 is 2.24 bits per heavy atom. The van der Waals surface area contributed by atoms with Crippen LogP contribution in [0.3, 0.4) is 0 Å². The molecule has 8 heteroatoms. The number of pyridine rings is 1. The molecule has 8 nitrogen and oxygen atoms in total. The monoisotopic (exact) mass is 397 g/mol. The Morgan fingerprint density at radius 1 is 1.41 bits per heavy atom. The second kappa shape index (κ2) is 9.45. The summed E-state index contributed by atoms with van der Waals surface area (Å²) >= 11 is 0. The van der Waals surface area contributed by atoms with Crippen molar-refractivity contribution in [2.45, 2.75) is 25.9 Å². The normalized spacial score (nSPS) is 17.3. The minimum atomic E-state index is -0.229. The Hall–Kier alpha value is -3.03. The van der Waals surface area contributed by atoms with Crippen molar-refractivity contribution < 1.29 is 4.79 Å². The molecular formula is C21H31N7O. The number of primary amides is 1. The van der Waals surface area contributed by atoms with E-state index in [0.717, 1.165) is 43.3 Å². The molecular weight excluding hydrogens is 366 g/mol. The van der Waals surface area contributed by atoms with Crippen LogP contribution in [0.4, 0.5) is 5.82 Å². The molecule has 29 heavy (non-hydrogen) atoms. The standard InChI is InChI=1S/C21H31N7O/c1-23-21(27(3)15-18-9-6-11-26(18)2)25-13-16-7-4-10-24-20(16)28-12-5-8-17(14-28)19(22)29/h4,6-7,9-11,17H,5,8,12-15H2,1-3H3,(H2,22,29)(H,23,25). The van der Waals surface area contributed by atoms with E-state index in [9.17, 15) is 4.79 Å². The third-order valence-corrected chi connectivity index (χ3v) is 5.45. The van der Waals surface area contributed by atoms with E-state index in [1.165, 1.54) is 5.69 Å². The van der Waals surface area contributed by atoms with Crippen molar-refractivity contribution in [2.24, 2.45) is 23.7 Å². The number of aromatic nitrogens is 2. The molecule has 1 amide bonds. The first-order valence-corrected chi connectivity index (χ1v) is 9.99. The highest BCUT2D eigenvalue weighted by Crippen LogP contribution is 2.24. The second-order valence-electron chi connectivity index (χ2n) is 7.54. The van der Waals surface area contributed by atoms with E-state index in [2.05, 4.69) is 41.8 Å². The molecule has 1 saturated heterocycles. The van der Waals surface area contributed by atoms with Crippen LogP contribution in [0.5, 0.6) is 0 Å². The molecule has 1 atom stereocenters. The smallest absolute Gasteiger partial charge is 0.222 e. The lowest BCUT2D eigenvalue weighted by Crippen LogP contribution is -2.42. The van der Waals surface area contributed by atoms with Crippen LogP contribution in [0, 0.1) is 5.92 Å². The summed E-state index contributed by atoms with van der Waals surface area (Å²) in [6.45, 7) is 2.87. The van der Waals surface area contributed by atoms with Crippen molar-refractivity contribution in [1.82, 2.24) is 19.8 Å². The lowest BCUT2D eigenvalue weighted by molar-refractivity contribution is -0.122. The number of guanidine groups is 1. The summed E-state index contributed by atoms with van der Waals surface area (Å²) in [6.07, 6.45) is 5.63. The Labute approximate surface area is 172 Å². The van der Waals surface area contributed by atoms with Gasteiger partial charge in [0.1, 0.15) is 5.82 Å². The van der Waals surface area contributed by atoms with E-state index in [-0.39, 0.29) is 11.8 Å². The number of nitrogens with zero attached hydrogens (tertiary/aromatic N) is 5. The number of nitrogens with two attached hydrogens (primary N) is 1. The van der Waals surface area contributed by atoms with Gasteiger partial charge < -0.3 is 25.4 Å². The highest BCUT2D eigenvalue weighted by molar-refractivity contribution is 5.80. The Morgan fingerprint density at radius 3 is 2.93 bits per heavy atom. The molecule has 1 aliphatic heterocycles. The fourth-order valence-electron chi connectivity index (χ4n) is 3.79. The molecule has 2 aromatic heterocycles. The van der Waals surface area contributed by atoms with Crippen LogP contribution in [-0.4, -0.2) is 53.5 Å². The number of carbonyl (C=O) groups is 1. The van der Waals surface area contributed by atoms with E-state index in [0.29, 0.717) is 13.1 Å². The number of carbonyl (C=O) groups excluding carboxylic acids is 1. The maximum Gasteiger partial charge on any atom is 0.222 e. The van der Waals surface area contributed by atoms with E-state index in [4.69, 9.17) is 5.73 Å². The highest BCUT2D eigenvalue weighted by atomic mass is 16.1. The van der Waals surface area contributed by atoms with Crippen LogP contribution < -0.4 is 16.0 Å². The van der Waals surface area contributed by atoms with E-state index >= 15 is 0 Å². The van der Waals surface area contributed by atoms with Crippen molar-refractivity contribution in [3.63, 3.8) is 0 Å². The minimum absolute atomic E-state index is 0.115. The SMILES string of the molecule is CN=C(NCc1cccnc1N1CCCC(C(N)=O)C1)N(C)Cc1cccn1C. The number of piperidine rings is 1. The number of hydrogen-bond donors (Lipinski definition) is 2. The average molecular weight is 398 g/mol. The molecule has 0 aromatic carbocycles. The quantitative estimate of drug-likeness (QED) is 0.567. The first-order chi connectivity index (χ1) is 14.0. The topological polar surface area (TPSA) is 91.8 Å². The molecule has 1 aliphatic rings. The Bertz CT molecular complexity index is 860. The number of hydrogen-bond acceptors (Lipinski definition) is 4. The van der Waals surface area contributed by atoms with Gasteiger partial charge in [-0.25, -0.2) is 4.98 Å². The number of aliphatic imine (C=N–C) groups is 1. The number of anilines is 1. The number of rotatable bonds is 6. The van der Waals surface area contributed by atoms with Gasteiger partial charge in [0, 0.05) is 64.4 Å². The van der Waals surface area contributed by atoms with Crippen molar-refractivity contribution in [3.8, 4) is 0 Å². The van der Waals surface area contributed by atoms with Crippen LogP contribution in [0.1, 0.15) is 24.1 Å². The van der Waals surface area contributed by atoms with Gasteiger partial charge in [-0.3, -0.25) is 9.79 Å². The summed E-state index contributed by atoms with van der Waals surface area (Å²) in [5.41, 5.74) is 7.83. The zero-order valence-corrected chi connectivity index (χ0v) is 17.5. The van der Waals surface area contributed by atoms with Crippen LogP contribution in [0.15, 0.2) is 41.7 Å². The molecule has 156 valence electrons. The van der Waals surface area contributed by atoms with Crippen LogP contribution >= 0.6 is 0 Å². The zero-order chi connectivity index (χ0) is 20.8. The van der Waals surface area contributed by atoms with Gasteiger partial charge in [0.25, 0.3) is 0 Å². The molecule has 2 aromatic rings. The molecule has 0 spiro atoms. The second-order valence-corrected chi connectivity index (χ2v) is 7.54. The van der Waals surface area contributed by atoms with Crippen molar-refractivity contribution >= 4 is 17.7 Å². The van der Waals surface area contributed by atoms with Gasteiger partial charge in [-0.15, -0.1) is 0 Å². The summed E-state index contributed by atoms with van der Waals surface area (Å²) in [6, 6.07) is 8.15. The van der Waals surface area contributed by atoms with E-state index < -0.39 is 0 Å². The van der Waals surface area contributed by atoms with Crippen LogP contribution in [0.25, 0.3) is 0 Å². The van der Waals surface area contributed by atoms with Gasteiger partial charge in [-0.1, -0.05) is 6.07 Å². The first kappa shape index (κ1) is 20.7. The maximum atomic E-state index is 11.6. The highest BCUT2D eigenvalue weighted by Gasteiger charge is 2.26. The number of amides is 1. The molecule has 0 bridgehead atoms. The molecule has 0 radical (unpaired) electrons. The molecule has 1 fully saturated rings. The Balaban J connectivity index is 1.67. The van der Waals surface area contributed by atoms with Crippen molar-refractivity contribution in [1.29, 1.82) is 0 Å². The Kier molecular flexibility index (Phi) is 6.74. The molecule has 3 N–H and O–H groups in total. The van der Waals surface area contributed by atoms with Gasteiger partial charge >= 0.3 is 0 Å². The van der Waals surface area contributed by atoms with Crippen LogP contribution in [0.2, 0.25) is 0 Å². The van der Waals surface area contributed by atoms with Gasteiger partial charge in [0.15, 0.2) is 5.96 Å². The number of aryl methyl sites for hydroxylation is 1. The molecule has 3 heterocycles. The summed E-state index contributed by atoms with van der Waals surface area (Å²) < 4.78 is 2.11. The van der Waals surface area contributed by atoms with Crippen LogP contribution in [-0.2, 0) is 24.9 Å². The number of nitrogens with one attached hydrogen (secondary N) is 1. The fourth-order valence-corrected chi connectivity index (χ4v) is 3.79. The predicted octanol–water partition coefficient (Wildman–Crippen LogP) is 1.33. The first-order valence-electron chi connectivity index (χ1n) is 9.99. The summed E-state index contributed by atoms with van der Waals surface area (Å²) in [5.74, 6) is 1.38.